The van der Waals surface area contributed by atoms with Crippen molar-refractivity contribution < 1.29 is 13.9 Å². The predicted molar refractivity (Wildman–Crippen MR) is 149 cm³/mol. The van der Waals surface area contributed by atoms with E-state index in [9.17, 15) is 0 Å². The maximum Gasteiger partial charge on any atom is 0.227 e. The van der Waals surface area contributed by atoms with E-state index in [1.807, 2.05) is 41.3 Å². The minimum Gasteiger partial charge on any atom is -0.395 e. The molecule has 0 amide bonds. The number of para-hydroxylation sites is 1. The Labute approximate surface area is 221 Å². The molecule has 198 valence electrons. The average Bonchev–Trinajstić information content (AvgIpc) is 2.92. The molecule has 38 heavy (non-hydrogen) atoms. The van der Waals surface area contributed by atoms with Crippen LogP contribution < -0.4 is 15.5 Å². The lowest BCUT2D eigenvalue weighted by Crippen LogP contribution is -2.47. The molecule has 3 aromatic carbocycles. The summed E-state index contributed by atoms with van der Waals surface area (Å²) in [6.07, 6.45) is 1.68. The SMILES string of the molecule is CC(C)Nc1cccc(-c2cccc3cnc(Nc4ccc(N5CCN(CCO)CC5)c(F)c4F)nc23)c1. The molecule has 0 radical (unpaired) electrons. The molecule has 1 aliphatic rings. The fraction of sp³-hybridized carbons (Fsp3) is 0.310. The van der Waals surface area contributed by atoms with Gasteiger partial charge in [-0.15, -0.1) is 0 Å². The van der Waals surface area contributed by atoms with Crippen molar-refractivity contribution in [1.29, 1.82) is 0 Å². The van der Waals surface area contributed by atoms with Gasteiger partial charge in [0.2, 0.25) is 5.95 Å². The molecule has 1 fully saturated rings. The van der Waals surface area contributed by atoms with Crippen LogP contribution in [0.25, 0.3) is 22.0 Å². The number of benzene rings is 3. The monoisotopic (exact) mass is 518 g/mol. The van der Waals surface area contributed by atoms with Crippen molar-refractivity contribution in [3.8, 4) is 11.1 Å². The number of aromatic nitrogens is 2. The van der Waals surface area contributed by atoms with E-state index in [2.05, 4.69) is 45.4 Å². The van der Waals surface area contributed by atoms with Crippen LogP contribution in [0.4, 0.5) is 31.8 Å². The summed E-state index contributed by atoms with van der Waals surface area (Å²) in [7, 11) is 0. The highest BCUT2D eigenvalue weighted by molar-refractivity contribution is 5.94. The summed E-state index contributed by atoms with van der Waals surface area (Å²) in [4.78, 5) is 13.0. The quantitative estimate of drug-likeness (QED) is 0.294. The topological polar surface area (TPSA) is 76.6 Å². The van der Waals surface area contributed by atoms with Crippen molar-refractivity contribution in [2.45, 2.75) is 19.9 Å². The largest absolute Gasteiger partial charge is 0.395 e. The Morgan fingerprint density at radius 1 is 0.974 bits per heavy atom. The van der Waals surface area contributed by atoms with Gasteiger partial charge in [-0.2, -0.15) is 0 Å². The number of nitrogens with zero attached hydrogens (tertiary/aromatic N) is 4. The second kappa shape index (κ2) is 11.3. The van der Waals surface area contributed by atoms with Crippen molar-refractivity contribution in [2.75, 3.05) is 54.9 Å². The number of aliphatic hydroxyl groups excluding tert-OH is 1. The fourth-order valence-corrected chi connectivity index (χ4v) is 4.81. The van der Waals surface area contributed by atoms with E-state index in [1.54, 1.807) is 12.3 Å². The first kappa shape index (κ1) is 25.8. The third-order valence-corrected chi connectivity index (χ3v) is 6.68. The normalized spacial score (nSPS) is 14.3. The molecule has 1 aromatic heterocycles. The van der Waals surface area contributed by atoms with Gasteiger partial charge in [0.15, 0.2) is 11.6 Å². The number of nitrogens with one attached hydrogen (secondary N) is 2. The molecule has 5 rings (SSSR count). The van der Waals surface area contributed by atoms with Crippen molar-refractivity contribution >= 4 is 33.9 Å². The first-order valence-corrected chi connectivity index (χ1v) is 12.9. The summed E-state index contributed by atoms with van der Waals surface area (Å²) in [5.41, 5.74) is 3.84. The van der Waals surface area contributed by atoms with Crippen molar-refractivity contribution in [2.24, 2.45) is 0 Å². The molecule has 9 heteroatoms. The van der Waals surface area contributed by atoms with Crippen LogP contribution in [-0.2, 0) is 0 Å². The highest BCUT2D eigenvalue weighted by Crippen LogP contribution is 2.32. The molecule has 0 aliphatic carbocycles. The van der Waals surface area contributed by atoms with Gasteiger partial charge in [-0.25, -0.2) is 18.7 Å². The Kier molecular flexibility index (Phi) is 7.67. The number of halogens is 2. The van der Waals surface area contributed by atoms with Gasteiger partial charge in [0, 0.05) is 61.6 Å². The standard InChI is InChI=1S/C29H32F2N6O/c1-19(2)33-22-7-3-5-20(17-22)23-8-4-6-21-18-32-29(35-28(21)23)34-24-9-10-25(27(31)26(24)30)37-13-11-36(12-14-37)15-16-38/h3-10,17-19,33,38H,11-16H2,1-2H3,(H,32,34,35). The molecule has 7 nitrogen and oxygen atoms in total. The van der Waals surface area contributed by atoms with Crippen LogP contribution in [-0.4, -0.2) is 65.3 Å². The second-order valence-corrected chi connectivity index (χ2v) is 9.75. The molecule has 2 heterocycles. The van der Waals surface area contributed by atoms with E-state index >= 15 is 8.78 Å². The lowest BCUT2D eigenvalue weighted by atomic mass is 10.0. The van der Waals surface area contributed by atoms with E-state index in [0.717, 1.165) is 22.2 Å². The van der Waals surface area contributed by atoms with Gasteiger partial charge in [-0.05, 0) is 43.7 Å². The lowest BCUT2D eigenvalue weighted by molar-refractivity contribution is 0.188. The smallest absolute Gasteiger partial charge is 0.227 e. The molecule has 3 N–H and O–H groups in total. The van der Waals surface area contributed by atoms with Crippen LogP contribution >= 0.6 is 0 Å². The van der Waals surface area contributed by atoms with Crippen LogP contribution in [0.3, 0.4) is 0 Å². The lowest BCUT2D eigenvalue weighted by Gasteiger charge is -2.36. The molecule has 0 atom stereocenters. The maximum absolute atomic E-state index is 15.1. The summed E-state index contributed by atoms with van der Waals surface area (Å²) in [6.45, 7) is 7.34. The Morgan fingerprint density at radius 3 is 2.53 bits per heavy atom. The zero-order valence-electron chi connectivity index (χ0n) is 21.6. The number of hydrogen-bond acceptors (Lipinski definition) is 7. The maximum atomic E-state index is 15.1. The van der Waals surface area contributed by atoms with Crippen molar-refractivity contribution in [3.05, 3.63) is 72.4 Å². The van der Waals surface area contributed by atoms with Gasteiger partial charge >= 0.3 is 0 Å². The Morgan fingerprint density at radius 2 is 1.76 bits per heavy atom. The predicted octanol–water partition coefficient (Wildman–Crippen LogP) is 5.25. The first-order chi connectivity index (χ1) is 18.4. The summed E-state index contributed by atoms with van der Waals surface area (Å²) in [5.74, 6) is -1.68. The van der Waals surface area contributed by atoms with E-state index < -0.39 is 11.6 Å². The van der Waals surface area contributed by atoms with Gasteiger partial charge in [-0.3, -0.25) is 4.90 Å². The van der Waals surface area contributed by atoms with E-state index in [4.69, 9.17) is 5.11 Å². The number of β-amino-alcohol motifs (C(OH)–C–C–N with tert-alkyl or cyclic N) is 1. The number of rotatable bonds is 8. The fourth-order valence-electron chi connectivity index (χ4n) is 4.81. The minimum atomic E-state index is -0.968. The number of piperazine rings is 1. The summed E-state index contributed by atoms with van der Waals surface area (Å²) < 4.78 is 30.2. The number of hydrogen-bond donors (Lipinski definition) is 3. The molecule has 0 bridgehead atoms. The number of aliphatic hydroxyl groups is 1. The van der Waals surface area contributed by atoms with Crippen LogP contribution in [0.5, 0.6) is 0 Å². The Balaban J connectivity index is 1.40. The minimum absolute atomic E-state index is 0.0230. The van der Waals surface area contributed by atoms with Gasteiger partial charge in [-0.1, -0.05) is 30.3 Å². The molecule has 4 aromatic rings. The highest BCUT2D eigenvalue weighted by atomic mass is 19.2. The Bertz CT molecular complexity index is 1420. The van der Waals surface area contributed by atoms with Gasteiger partial charge in [0.05, 0.1) is 23.5 Å². The number of anilines is 4. The van der Waals surface area contributed by atoms with Gasteiger partial charge in [0.25, 0.3) is 0 Å². The van der Waals surface area contributed by atoms with E-state index in [0.29, 0.717) is 44.3 Å². The molecular weight excluding hydrogens is 486 g/mol. The second-order valence-electron chi connectivity index (χ2n) is 9.75. The van der Waals surface area contributed by atoms with Crippen LogP contribution in [0.15, 0.2) is 60.8 Å². The molecule has 1 saturated heterocycles. The highest BCUT2D eigenvalue weighted by Gasteiger charge is 2.23. The Hall–Kier alpha value is -3.82. The van der Waals surface area contributed by atoms with Crippen molar-refractivity contribution in [1.82, 2.24) is 14.9 Å². The third-order valence-electron chi connectivity index (χ3n) is 6.68. The van der Waals surface area contributed by atoms with Crippen LogP contribution in [0, 0.1) is 11.6 Å². The molecule has 0 saturated carbocycles. The van der Waals surface area contributed by atoms with Gasteiger partial charge < -0.3 is 20.6 Å². The third kappa shape index (κ3) is 5.54. The van der Waals surface area contributed by atoms with Crippen molar-refractivity contribution in [3.63, 3.8) is 0 Å². The summed E-state index contributed by atoms with van der Waals surface area (Å²) >= 11 is 0. The average molecular weight is 519 g/mol. The van der Waals surface area contributed by atoms with E-state index in [1.165, 1.54) is 6.07 Å². The molecular formula is C29H32F2N6O. The number of fused-ring (bicyclic) bond motifs is 1. The summed E-state index contributed by atoms with van der Waals surface area (Å²) in [6, 6.07) is 17.4. The molecule has 0 unspecified atom stereocenters. The summed E-state index contributed by atoms with van der Waals surface area (Å²) in [5, 5.41) is 16.3. The zero-order valence-corrected chi connectivity index (χ0v) is 21.6. The zero-order chi connectivity index (χ0) is 26.6. The molecule has 0 spiro atoms. The van der Waals surface area contributed by atoms with Gasteiger partial charge in [0.1, 0.15) is 0 Å². The van der Waals surface area contributed by atoms with E-state index in [-0.39, 0.29) is 23.9 Å². The van der Waals surface area contributed by atoms with Crippen LogP contribution in [0.1, 0.15) is 13.8 Å². The first-order valence-electron chi connectivity index (χ1n) is 12.9. The molecule has 1 aliphatic heterocycles. The van der Waals surface area contributed by atoms with Crippen LogP contribution in [0.2, 0.25) is 0 Å².